The molecule has 0 unspecified atom stereocenters. The largest absolute Gasteiger partial charge is 0.356 e. The SMILES string of the molecule is [2H]C([2H])([2H])n1cc(Nc2ncc(C)c(N3CCC4(CCNC4=O)CC3)n2)cn1. The van der Waals surface area contributed by atoms with Crippen molar-refractivity contribution < 1.29 is 8.91 Å². The first-order valence-electron chi connectivity index (χ1n) is 9.96. The van der Waals surface area contributed by atoms with Crippen molar-refractivity contribution >= 4 is 23.4 Å². The summed E-state index contributed by atoms with van der Waals surface area (Å²) in [6, 6.07) is 0. The number of aromatic nitrogens is 4. The van der Waals surface area contributed by atoms with E-state index in [1.807, 2.05) is 6.92 Å². The minimum atomic E-state index is -2.32. The fourth-order valence-corrected chi connectivity index (χ4v) is 3.67. The molecule has 8 heteroatoms. The van der Waals surface area contributed by atoms with Gasteiger partial charge in [0.2, 0.25) is 11.9 Å². The maximum absolute atomic E-state index is 12.2. The quantitative estimate of drug-likeness (QED) is 0.874. The molecule has 8 nitrogen and oxygen atoms in total. The molecule has 2 aromatic rings. The molecule has 0 aromatic carbocycles. The molecule has 2 fully saturated rings. The van der Waals surface area contributed by atoms with Gasteiger partial charge in [-0.25, -0.2) is 4.98 Å². The smallest absolute Gasteiger partial charge is 0.229 e. The van der Waals surface area contributed by atoms with E-state index in [4.69, 9.17) is 4.11 Å². The number of anilines is 3. The highest BCUT2D eigenvalue weighted by Gasteiger charge is 2.44. The first-order valence-corrected chi connectivity index (χ1v) is 8.46. The second-order valence-electron chi connectivity index (χ2n) is 6.77. The summed E-state index contributed by atoms with van der Waals surface area (Å²) >= 11 is 0. The van der Waals surface area contributed by atoms with Gasteiger partial charge in [-0.2, -0.15) is 10.1 Å². The van der Waals surface area contributed by atoms with Crippen molar-refractivity contribution in [1.29, 1.82) is 0 Å². The average molecular weight is 344 g/mol. The summed E-state index contributed by atoms with van der Waals surface area (Å²) in [6.07, 6.45) is 7.11. The van der Waals surface area contributed by atoms with Gasteiger partial charge in [-0.1, -0.05) is 0 Å². The zero-order valence-corrected chi connectivity index (χ0v) is 14.1. The van der Waals surface area contributed by atoms with Crippen LogP contribution in [0.1, 0.15) is 28.9 Å². The summed E-state index contributed by atoms with van der Waals surface area (Å²) in [7, 11) is 0. The van der Waals surface area contributed by atoms with E-state index in [0.717, 1.165) is 55.0 Å². The Hall–Kier alpha value is -2.64. The van der Waals surface area contributed by atoms with E-state index in [1.165, 1.54) is 12.4 Å². The van der Waals surface area contributed by atoms with Crippen molar-refractivity contribution in [3.05, 3.63) is 24.2 Å². The molecule has 2 aliphatic rings. The third-order valence-electron chi connectivity index (χ3n) is 5.17. The lowest BCUT2D eigenvalue weighted by Gasteiger charge is -2.38. The minimum absolute atomic E-state index is 0.181. The number of nitrogens with zero attached hydrogens (tertiary/aromatic N) is 5. The second-order valence-corrected chi connectivity index (χ2v) is 6.77. The third-order valence-corrected chi connectivity index (χ3v) is 5.17. The van der Waals surface area contributed by atoms with Gasteiger partial charge in [-0.05, 0) is 26.2 Å². The lowest BCUT2D eigenvalue weighted by Crippen LogP contribution is -2.44. The predicted octanol–water partition coefficient (Wildman–Crippen LogP) is 1.37. The maximum atomic E-state index is 12.2. The summed E-state index contributed by atoms with van der Waals surface area (Å²) < 4.78 is 23.1. The average Bonchev–Trinajstić information content (AvgIpc) is 3.25. The standard InChI is InChI=1S/C17H23N7O/c1-12-9-19-16(21-13-10-20-23(2)11-13)22-14(12)24-7-4-17(5-8-24)3-6-18-15(17)25/h9-11H,3-8H2,1-2H3,(H,18,25)(H,19,21,22)/i2D3. The molecule has 1 amide bonds. The molecule has 0 bridgehead atoms. The van der Waals surface area contributed by atoms with Gasteiger partial charge in [-0.15, -0.1) is 0 Å². The van der Waals surface area contributed by atoms with Gasteiger partial charge in [0.15, 0.2) is 0 Å². The lowest BCUT2D eigenvalue weighted by atomic mass is 9.77. The number of rotatable bonds is 3. The van der Waals surface area contributed by atoms with E-state index in [0.29, 0.717) is 11.6 Å². The number of piperidine rings is 1. The Morgan fingerprint density at radius 3 is 2.84 bits per heavy atom. The summed E-state index contributed by atoms with van der Waals surface area (Å²) in [4.78, 5) is 23.3. The number of nitrogens with one attached hydrogen (secondary N) is 2. The van der Waals surface area contributed by atoms with Gasteiger partial charge >= 0.3 is 0 Å². The first kappa shape index (κ1) is 12.7. The molecular weight excluding hydrogens is 318 g/mol. The predicted molar refractivity (Wildman–Crippen MR) is 94.8 cm³/mol. The van der Waals surface area contributed by atoms with Crippen molar-refractivity contribution in [1.82, 2.24) is 25.1 Å². The highest BCUT2D eigenvalue weighted by Crippen LogP contribution is 2.39. The molecule has 0 saturated carbocycles. The molecular formula is C17H23N7O. The molecule has 25 heavy (non-hydrogen) atoms. The molecule has 2 aliphatic heterocycles. The Morgan fingerprint density at radius 2 is 2.16 bits per heavy atom. The number of hydrogen-bond acceptors (Lipinski definition) is 6. The van der Waals surface area contributed by atoms with Crippen LogP contribution in [0.5, 0.6) is 0 Å². The zero-order valence-electron chi connectivity index (χ0n) is 17.1. The maximum Gasteiger partial charge on any atom is 0.229 e. The van der Waals surface area contributed by atoms with Crippen LogP contribution in [0.4, 0.5) is 17.5 Å². The van der Waals surface area contributed by atoms with E-state index in [-0.39, 0.29) is 11.3 Å². The highest BCUT2D eigenvalue weighted by molar-refractivity contribution is 5.85. The number of aryl methyl sites for hydroxylation is 2. The van der Waals surface area contributed by atoms with E-state index >= 15 is 0 Å². The van der Waals surface area contributed by atoms with Gasteiger partial charge in [0.05, 0.1) is 17.3 Å². The molecule has 0 radical (unpaired) electrons. The molecule has 0 aliphatic carbocycles. The summed E-state index contributed by atoms with van der Waals surface area (Å²) in [5.74, 6) is 1.39. The van der Waals surface area contributed by atoms with Crippen molar-refractivity contribution in [3.63, 3.8) is 0 Å². The molecule has 2 N–H and O–H groups in total. The second kappa shape index (κ2) is 6.02. The van der Waals surface area contributed by atoms with E-state index in [1.54, 1.807) is 6.20 Å². The van der Waals surface area contributed by atoms with Crippen LogP contribution in [0.15, 0.2) is 18.6 Å². The van der Waals surface area contributed by atoms with Crippen LogP contribution < -0.4 is 15.5 Å². The normalized spacial score (nSPS) is 21.6. The van der Waals surface area contributed by atoms with Crippen LogP contribution in [0.2, 0.25) is 0 Å². The van der Waals surface area contributed by atoms with Gasteiger partial charge in [0, 0.05) is 48.7 Å². The van der Waals surface area contributed by atoms with Crippen LogP contribution in [-0.4, -0.2) is 45.3 Å². The fourth-order valence-electron chi connectivity index (χ4n) is 3.67. The van der Waals surface area contributed by atoms with Gasteiger partial charge < -0.3 is 15.5 Å². The third kappa shape index (κ3) is 2.92. The van der Waals surface area contributed by atoms with Gasteiger partial charge in [-0.3, -0.25) is 9.48 Å². The molecule has 4 heterocycles. The van der Waals surface area contributed by atoms with Crippen molar-refractivity contribution in [2.45, 2.75) is 26.2 Å². The van der Waals surface area contributed by atoms with E-state index in [2.05, 4.69) is 30.6 Å². The van der Waals surface area contributed by atoms with Gasteiger partial charge in [0.1, 0.15) is 5.82 Å². The van der Waals surface area contributed by atoms with Crippen LogP contribution in [0.25, 0.3) is 0 Å². The molecule has 2 aromatic heterocycles. The number of carbonyl (C=O) groups is 1. The molecule has 0 atom stereocenters. The van der Waals surface area contributed by atoms with Crippen LogP contribution in [0.3, 0.4) is 0 Å². The van der Waals surface area contributed by atoms with Crippen molar-refractivity contribution in [2.24, 2.45) is 12.4 Å². The summed E-state index contributed by atoms with van der Waals surface area (Å²) in [6.45, 7) is 1.93. The fraction of sp³-hybridized carbons (Fsp3) is 0.529. The van der Waals surface area contributed by atoms with Crippen LogP contribution in [0, 0.1) is 12.3 Å². The molecule has 132 valence electrons. The van der Waals surface area contributed by atoms with E-state index < -0.39 is 6.98 Å². The Labute approximate surface area is 150 Å². The molecule has 2 saturated heterocycles. The monoisotopic (exact) mass is 344 g/mol. The molecule has 4 rings (SSSR count). The highest BCUT2D eigenvalue weighted by atomic mass is 16.2. The Kier molecular flexibility index (Phi) is 3.05. The van der Waals surface area contributed by atoms with Gasteiger partial charge in [0.25, 0.3) is 0 Å². The number of hydrogen-bond donors (Lipinski definition) is 2. The van der Waals surface area contributed by atoms with Crippen molar-refractivity contribution in [2.75, 3.05) is 29.9 Å². The summed E-state index contributed by atoms with van der Waals surface area (Å²) in [5, 5.41) is 9.82. The number of amides is 1. The van der Waals surface area contributed by atoms with Crippen molar-refractivity contribution in [3.8, 4) is 0 Å². The summed E-state index contributed by atoms with van der Waals surface area (Å²) in [5.41, 5.74) is 1.24. The topological polar surface area (TPSA) is 88.0 Å². The Bertz CT molecular complexity index is 887. The molecule has 1 spiro atoms. The van der Waals surface area contributed by atoms with Crippen LogP contribution >= 0.6 is 0 Å². The Morgan fingerprint density at radius 1 is 1.32 bits per heavy atom. The minimum Gasteiger partial charge on any atom is -0.356 e. The zero-order chi connectivity index (χ0) is 19.9. The first-order chi connectivity index (χ1) is 13.3. The van der Waals surface area contributed by atoms with E-state index in [9.17, 15) is 4.79 Å². The number of carbonyl (C=O) groups excluding carboxylic acids is 1. The van der Waals surface area contributed by atoms with Crippen LogP contribution in [-0.2, 0) is 11.8 Å². The Balaban J connectivity index is 1.49. The lowest BCUT2D eigenvalue weighted by molar-refractivity contribution is -0.128.